The molecule has 0 atom stereocenters. The number of ether oxygens (including phenoxy) is 1. The van der Waals surface area contributed by atoms with Crippen LogP contribution >= 0.6 is 0 Å². The van der Waals surface area contributed by atoms with Crippen LogP contribution in [0.25, 0.3) is 6.08 Å². The van der Waals surface area contributed by atoms with E-state index in [1.807, 2.05) is 31.2 Å². The Bertz CT molecular complexity index is 293. The van der Waals surface area contributed by atoms with Crippen LogP contribution in [0, 0.1) is 0 Å². The number of hydrogen-bond acceptors (Lipinski definition) is 3. The van der Waals surface area contributed by atoms with E-state index in [9.17, 15) is 0 Å². The van der Waals surface area contributed by atoms with Gasteiger partial charge in [0.1, 0.15) is 5.75 Å². The Morgan fingerprint density at radius 2 is 1.93 bits per heavy atom. The summed E-state index contributed by atoms with van der Waals surface area (Å²) in [6.07, 6.45) is 1.64. The molecule has 0 aliphatic rings. The summed E-state index contributed by atoms with van der Waals surface area (Å²) in [5.41, 5.74) is 0.904. The Balaban J connectivity index is 2.64. The molecular weight excluding hydrogens is 179 g/mol. The third kappa shape index (κ3) is 3.64. The van der Waals surface area contributed by atoms with Gasteiger partial charge in [-0.25, -0.2) is 0 Å². The number of benzene rings is 1. The van der Waals surface area contributed by atoms with Gasteiger partial charge in [0.2, 0.25) is 0 Å². The molecule has 0 bridgehead atoms. The maximum Gasteiger partial charge on any atom is 0.480 e. The van der Waals surface area contributed by atoms with Crippen LogP contribution in [0.3, 0.4) is 0 Å². The van der Waals surface area contributed by atoms with Crippen molar-refractivity contribution in [2.75, 3.05) is 6.61 Å². The maximum atomic E-state index is 8.60. The summed E-state index contributed by atoms with van der Waals surface area (Å²) in [5, 5.41) is 17.2. The lowest BCUT2D eigenvalue weighted by atomic mass is 9.91. The van der Waals surface area contributed by atoms with Gasteiger partial charge in [0.15, 0.2) is 0 Å². The van der Waals surface area contributed by atoms with E-state index >= 15 is 0 Å². The van der Waals surface area contributed by atoms with Crippen LogP contribution in [0.1, 0.15) is 12.5 Å². The van der Waals surface area contributed by atoms with Crippen LogP contribution < -0.4 is 4.74 Å². The van der Waals surface area contributed by atoms with Crippen LogP contribution in [0.2, 0.25) is 0 Å². The average Bonchev–Trinajstić information content (AvgIpc) is 2.17. The molecule has 0 amide bonds. The first-order chi connectivity index (χ1) is 6.72. The normalized spacial score (nSPS) is 10.5. The largest absolute Gasteiger partial charge is 0.494 e. The molecule has 14 heavy (non-hydrogen) atoms. The van der Waals surface area contributed by atoms with E-state index in [1.54, 1.807) is 6.08 Å². The predicted octanol–water partition coefficient (Wildman–Crippen LogP) is 1.11. The topological polar surface area (TPSA) is 49.7 Å². The van der Waals surface area contributed by atoms with Crippen LogP contribution in [0.5, 0.6) is 5.75 Å². The Morgan fingerprint density at radius 1 is 1.29 bits per heavy atom. The summed E-state index contributed by atoms with van der Waals surface area (Å²) < 4.78 is 5.26. The fourth-order valence-corrected chi connectivity index (χ4v) is 1.04. The fraction of sp³-hybridized carbons (Fsp3) is 0.200. The smallest absolute Gasteiger partial charge is 0.480 e. The first-order valence-electron chi connectivity index (χ1n) is 4.49. The molecule has 0 heterocycles. The van der Waals surface area contributed by atoms with E-state index in [-0.39, 0.29) is 0 Å². The zero-order chi connectivity index (χ0) is 10.4. The number of rotatable bonds is 4. The Labute approximate surface area is 83.8 Å². The SMILES string of the molecule is CCOc1ccc(/C=C/B(O)O)cc1. The third-order valence-corrected chi connectivity index (χ3v) is 1.65. The zero-order valence-corrected chi connectivity index (χ0v) is 8.05. The molecule has 0 aromatic heterocycles. The summed E-state index contributed by atoms with van der Waals surface area (Å²) in [4.78, 5) is 0. The molecule has 0 unspecified atom stereocenters. The maximum absolute atomic E-state index is 8.60. The van der Waals surface area contributed by atoms with Crippen LogP contribution in [-0.2, 0) is 0 Å². The molecule has 0 radical (unpaired) electrons. The molecule has 1 aromatic rings. The lowest BCUT2D eigenvalue weighted by molar-refractivity contribution is 0.340. The first kappa shape index (κ1) is 10.8. The molecule has 0 saturated carbocycles. The molecule has 0 aliphatic carbocycles. The molecule has 0 saturated heterocycles. The lowest BCUT2D eigenvalue weighted by Crippen LogP contribution is -2.05. The van der Waals surface area contributed by atoms with Crippen molar-refractivity contribution in [3.63, 3.8) is 0 Å². The monoisotopic (exact) mass is 192 g/mol. The molecule has 74 valence electrons. The molecule has 1 aromatic carbocycles. The van der Waals surface area contributed by atoms with Crippen LogP contribution in [-0.4, -0.2) is 23.8 Å². The van der Waals surface area contributed by atoms with E-state index < -0.39 is 7.12 Å². The molecular formula is C10H13BO3. The van der Waals surface area contributed by atoms with Crippen molar-refractivity contribution in [2.24, 2.45) is 0 Å². The fourth-order valence-electron chi connectivity index (χ4n) is 1.04. The molecule has 2 N–H and O–H groups in total. The van der Waals surface area contributed by atoms with Gasteiger partial charge in [-0.3, -0.25) is 0 Å². The van der Waals surface area contributed by atoms with Gasteiger partial charge in [-0.1, -0.05) is 24.2 Å². The van der Waals surface area contributed by atoms with E-state index in [0.717, 1.165) is 11.3 Å². The summed E-state index contributed by atoms with van der Waals surface area (Å²) in [6, 6.07) is 7.38. The molecule has 0 fully saturated rings. The third-order valence-electron chi connectivity index (χ3n) is 1.65. The van der Waals surface area contributed by atoms with Gasteiger partial charge in [-0.2, -0.15) is 0 Å². The van der Waals surface area contributed by atoms with Crippen molar-refractivity contribution in [3.8, 4) is 5.75 Å². The van der Waals surface area contributed by atoms with Crippen molar-refractivity contribution >= 4 is 13.2 Å². The van der Waals surface area contributed by atoms with Crippen molar-refractivity contribution < 1.29 is 14.8 Å². The van der Waals surface area contributed by atoms with Gasteiger partial charge in [-0.15, -0.1) is 0 Å². The summed E-state index contributed by atoms with van der Waals surface area (Å²) >= 11 is 0. The van der Waals surface area contributed by atoms with Gasteiger partial charge >= 0.3 is 7.12 Å². The molecule has 4 heteroatoms. The highest BCUT2D eigenvalue weighted by atomic mass is 16.5. The minimum atomic E-state index is -1.40. The lowest BCUT2D eigenvalue weighted by Gasteiger charge is -2.02. The van der Waals surface area contributed by atoms with Gasteiger partial charge < -0.3 is 14.8 Å². The number of hydrogen-bond donors (Lipinski definition) is 2. The standard InChI is InChI=1S/C10H13BO3/c1-2-14-10-5-3-9(4-6-10)7-8-11(12)13/h3-8,12-13H,2H2,1H3/b8-7+. The van der Waals surface area contributed by atoms with Crippen LogP contribution in [0.4, 0.5) is 0 Å². The molecule has 3 nitrogen and oxygen atoms in total. The Kier molecular flexibility index (Phi) is 4.23. The molecule has 0 aliphatic heterocycles. The van der Waals surface area contributed by atoms with Crippen molar-refractivity contribution in [1.82, 2.24) is 0 Å². The van der Waals surface area contributed by atoms with E-state index in [1.165, 1.54) is 5.98 Å². The van der Waals surface area contributed by atoms with Gasteiger partial charge in [0.05, 0.1) is 6.61 Å². The predicted molar refractivity (Wildman–Crippen MR) is 56.8 cm³/mol. The second-order valence-corrected chi connectivity index (χ2v) is 2.77. The van der Waals surface area contributed by atoms with Crippen LogP contribution in [0.15, 0.2) is 30.2 Å². The second-order valence-electron chi connectivity index (χ2n) is 2.77. The molecule has 1 rings (SSSR count). The van der Waals surface area contributed by atoms with Crippen molar-refractivity contribution in [1.29, 1.82) is 0 Å². The summed E-state index contributed by atoms with van der Waals surface area (Å²) in [6.45, 7) is 2.57. The van der Waals surface area contributed by atoms with E-state index in [0.29, 0.717) is 6.61 Å². The van der Waals surface area contributed by atoms with Gasteiger partial charge in [0, 0.05) is 0 Å². The minimum absolute atomic E-state index is 0.643. The average molecular weight is 192 g/mol. The van der Waals surface area contributed by atoms with Gasteiger partial charge in [-0.05, 0) is 24.6 Å². The summed E-state index contributed by atoms with van der Waals surface area (Å²) in [7, 11) is -1.40. The Morgan fingerprint density at radius 3 is 2.43 bits per heavy atom. The first-order valence-corrected chi connectivity index (χ1v) is 4.49. The Hall–Kier alpha value is -1.26. The van der Waals surface area contributed by atoms with Crippen molar-refractivity contribution in [2.45, 2.75) is 6.92 Å². The highest BCUT2D eigenvalue weighted by molar-refractivity contribution is 6.48. The highest BCUT2D eigenvalue weighted by Crippen LogP contribution is 2.12. The van der Waals surface area contributed by atoms with E-state index in [4.69, 9.17) is 14.8 Å². The van der Waals surface area contributed by atoms with Gasteiger partial charge in [0.25, 0.3) is 0 Å². The van der Waals surface area contributed by atoms with E-state index in [2.05, 4.69) is 0 Å². The minimum Gasteiger partial charge on any atom is -0.494 e. The quantitative estimate of drug-likeness (QED) is 0.702. The zero-order valence-electron chi connectivity index (χ0n) is 8.05. The highest BCUT2D eigenvalue weighted by Gasteiger charge is 1.98. The van der Waals surface area contributed by atoms with Crippen molar-refractivity contribution in [3.05, 3.63) is 35.8 Å². The second kappa shape index (κ2) is 5.47. The summed E-state index contributed by atoms with van der Waals surface area (Å²) in [5.74, 6) is 2.12. The molecule has 0 spiro atoms.